The van der Waals surface area contributed by atoms with Crippen molar-refractivity contribution in [1.29, 1.82) is 0 Å². The van der Waals surface area contributed by atoms with E-state index in [1.54, 1.807) is 12.3 Å². The number of carbonyl (C=O) groups excluding carboxylic acids is 1. The molecule has 0 fully saturated rings. The highest BCUT2D eigenvalue weighted by atomic mass is 16.1. The van der Waals surface area contributed by atoms with Gasteiger partial charge in [0, 0.05) is 18.8 Å². The summed E-state index contributed by atoms with van der Waals surface area (Å²) in [7, 11) is 0. The first-order valence-corrected chi connectivity index (χ1v) is 8.23. The van der Waals surface area contributed by atoms with Crippen molar-refractivity contribution in [3.8, 4) is 0 Å². The predicted molar refractivity (Wildman–Crippen MR) is 91.8 cm³/mol. The number of benzene rings is 1. The van der Waals surface area contributed by atoms with E-state index in [1.807, 2.05) is 29.8 Å². The number of fused-ring (bicyclic) bond motifs is 1. The summed E-state index contributed by atoms with van der Waals surface area (Å²) in [6.07, 6.45) is 8.33. The lowest BCUT2D eigenvalue weighted by molar-refractivity contribution is -0.118. The number of carbonyl (C=O) groups is 1. The van der Waals surface area contributed by atoms with Crippen LogP contribution in [0.5, 0.6) is 0 Å². The second-order valence-corrected chi connectivity index (χ2v) is 6.24. The van der Waals surface area contributed by atoms with Gasteiger partial charge in [-0.2, -0.15) is 5.10 Å². The standard InChI is InChI=1S/C19H23N3O/c1-3-22-16(12-14-20-22)10-11-18(23)21-19(2)13-6-8-15-7-4-5-9-17(15)19/h4-5,7,9-12,14H,3,6,8,13H2,1-2H3,(H,21,23)/b11-10+. The molecule has 0 saturated carbocycles. The summed E-state index contributed by atoms with van der Waals surface area (Å²) < 4.78 is 1.86. The molecular weight excluding hydrogens is 286 g/mol. The van der Waals surface area contributed by atoms with E-state index in [9.17, 15) is 4.79 Å². The Hall–Kier alpha value is -2.36. The number of aromatic nitrogens is 2. The van der Waals surface area contributed by atoms with Crippen molar-refractivity contribution in [2.24, 2.45) is 0 Å². The molecule has 4 nitrogen and oxygen atoms in total. The van der Waals surface area contributed by atoms with Gasteiger partial charge in [-0.25, -0.2) is 0 Å². The number of hydrogen-bond acceptors (Lipinski definition) is 2. The molecule has 1 amide bonds. The van der Waals surface area contributed by atoms with E-state index < -0.39 is 0 Å². The van der Waals surface area contributed by atoms with Gasteiger partial charge < -0.3 is 5.32 Å². The van der Waals surface area contributed by atoms with E-state index >= 15 is 0 Å². The van der Waals surface area contributed by atoms with Crippen LogP contribution in [0.2, 0.25) is 0 Å². The van der Waals surface area contributed by atoms with Gasteiger partial charge in [0.15, 0.2) is 0 Å². The summed E-state index contributed by atoms with van der Waals surface area (Å²) >= 11 is 0. The molecule has 120 valence electrons. The zero-order valence-electron chi connectivity index (χ0n) is 13.7. The highest BCUT2D eigenvalue weighted by molar-refractivity contribution is 5.92. The zero-order chi connectivity index (χ0) is 16.3. The van der Waals surface area contributed by atoms with Crippen molar-refractivity contribution in [1.82, 2.24) is 15.1 Å². The molecule has 3 rings (SSSR count). The Bertz CT molecular complexity index is 732. The van der Waals surface area contributed by atoms with Gasteiger partial charge >= 0.3 is 0 Å². The Morgan fingerprint density at radius 3 is 3.04 bits per heavy atom. The molecule has 0 aliphatic heterocycles. The summed E-state index contributed by atoms with van der Waals surface area (Å²) in [5.41, 5.74) is 3.24. The second kappa shape index (κ2) is 6.41. The lowest BCUT2D eigenvalue weighted by atomic mass is 9.78. The first-order chi connectivity index (χ1) is 11.1. The predicted octanol–water partition coefficient (Wildman–Crippen LogP) is 3.28. The van der Waals surface area contributed by atoms with Crippen LogP contribution >= 0.6 is 0 Å². The fourth-order valence-electron chi connectivity index (χ4n) is 3.40. The molecule has 1 N–H and O–H groups in total. The van der Waals surface area contributed by atoms with E-state index in [0.29, 0.717) is 0 Å². The van der Waals surface area contributed by atoms with Crippen LogP contribution < -0.4 is 5.32 Å². The highest BCUT2D eigenvalue weighted by Crippen LogP contribution is 2.34. The maximum absolute atomic E-state index is 12.4. The third kappa shape index (κ3) is 3.21. The van der Waals surface area contributed by atoms with E-state index in [0.717, 1.165) is 31.5 Å². The largest absolute Gasteiger partial charge is 0.343 e. The summed E-state index contributed by atoms with van der Waals surface area (Å²) in [5.74, 6) is -0.0620. The molecular formula is C19H23N3O. The number of amides is 1. The summed E-state index contributed by atoms with van der Waals surface area (Å²) in [5, 5.41) is 7.40. The zero-order valence-corrected chi connectivity index (χ0v) is 13.7. The van der Waals surface area contributed by atoms with Gasteiger partial charge in [-0.05, 0) is 56.4 Å². The van der Waals surface area contributed by atoms with E-state index in [2.05, 4.69) is 35.5 Å². The summed E-state index contributed by atoms with van der Waals surface area (Å²) in [4.78, 5) is 12.4. The maximum atomic E-state index is 12.4. The Morgan fingerprint density at radius 2 is 2.22 bits per heavy atom. The molecule has 0 bridgehead atoms. The van der Waals surface area contributed by atoms with E-state index in [1.165, 1.54) is 11.1 Å². The molecule has 2 aromatic rings. The molecule has 0 saturated heterocycles. The fraction of sp³-hybridized carbons (Fsp3) is 0.368. The van der Waals surface area contributed by atoms with Crippen LogP contribution in [0.25, 0.3) is 6.08 Å². The average molecular weight is 309 g/mol. The quantitative estimate of drug-likeness (QED) is 0.881. The molecule has 1 aliphatic rings. The van der Waals surface area contributed by atoms with Gasteiger partial charge in [-0.1, -0.05) is 24.3 Å². The van der Waals surface area contributed by atoms with Gasteiger partial charge in [-0.15, -0.1) is 0 Å². The molecule has 1 unspecified atom stereocenters. The van der Waals surface area contributed by atoms with Crippen molar-refractivity contribution in [2.45, 2.75) is 45.2 Å². The van der Waals surface area contributed by atoms with Crippen LogP contribution in [0.1, 0.15) is 43.5 Å². The molecule has 0 radical (unpaired) electrons. The minimum absolute atomic E-state index is 0.0620. The number of nitrogens with zero attached hydrogens (tertiary/aromatic N) is 2. The lowest BCUT2D eigenvalue weighted by Crippen LogP contribution is -2.45. The average Bonchev–Trinajstić information content (AvgIpc) is 3.01. The molecule has 1 aliphatic carbocycles. The van der Waals surface area contributed by atoms with Crippen molar-refractivity contribution >= 4 is 12.0 Å². The summed E-state index contributed by atoms with van der Waals surface area (Å²) in [6.45, 7) is 4.94. The van der Waals surface area contributed by atoms with Gasteiger partial charge in [-0.3, -0.25) is 9.48 Å². The number of rotatable bonds is 4. The first-order valence-electron chi connectivity index (χ1n) is 8.23. The first kappa shape index (κ1) is 15.5. The van der Waals surface area contributed by atoms with Crippen molar-refractivity contribution in [3.63, 3.8) is 0 Å². The maximum Gasteiger partial charge on any atom is 0.244 e. The SMILES string of the molecule is CCn1nccc1/C=C/C(=O)NC1(C)CCCc2ccccc21. The molecule has 0 spiro atoms. The van der Waals surface area contributed by atoms with E-state index in [4.69, 9.17) is 0 Å². The molecule has 1 atom stereocenters. The van der Waals surface area contributed by atoms with Crippen LogP contribution in [-0.2, 0) is 23.3 Å². The minimum atomic E-state index is -0.290. The van der Waals surface area contributed by atoms with Crippen LogP contribution in [-0.4, -0.2) is 15.7 Å². The van der Waals surface area contributed by atoms with Crippen LogP contribution in [0, 0.1) is 0 Å². The van der Waals surface area contributed by atoms with Crippen LogP contribution in [0.4, 0.5) is 0 Å². The van der Waals surface area contributed by atoms with Crippen molar-refractivity contribution < 1.29 is 4.79 Å². The Labute approximate surface area is 137 Å². The fourth-order valence-corrected chi connectivity index (χ4v) is 3.40. The topological polar surface area (TPSA) is 46.9 Å². The Kier molecular flexibility index (Phi) is 4.33. The molecule has 1 aromatic heterocycles. The van der Waals surface area contributed by atoms with Crippen LogP contribution in [0.3, 0.4) is 0 Å². The number of aryl methyl sites for hydroxylation is 2. The highest BCUT2D eigenvalue weighted by Gasteiger charge is 2.32. The van der Waals surface area contributed by atoms with Gasteiger partial charge in [0.1, 0.15) is 0 Å². The molecule has 1 aromatic carbocycles. The Morgan fingerprint density at radius 1 is 1.39 bits per heavy atom. The lowest BCUT2D eigenvalue weighted by Gasteiger charge is -2.36. The normalized spacial score (nSPS) is 20.4. The second-order valence-electron chi connectivity index (χ2n) is 6.24. The van der Waals surface area contributed by atoms with Crippen LogP contribution in [0.15, 0.2) is 42.6 Å². The number of nitrogens with one attached hydrogen (secondary N) is 1. The van der Waals surface area contributed by atoms with Gasteiger partial charge in [0.25, 0.3) is 0 Å². The third-order valence-corrected chi connectivity index (χ3v) is 4.59. The van der Waals surface area contributed by atoms with Gasteiger partial charge in [0.05, 0.1) is 11.2 Å². The van der Waals surface area contributed by atoms with Crippen molar-refractivity contribution in [3.05, 3.63) is 59.4 Å². The minimum Gasteiger partial charge on any atom is -0.343 e. The van der Waals surface area contributed by atoms with E-state index in [-0.39, 0.29) is 11.4 Å². The molecule has 23 heavy (non-hydrogen) atoms. The molecule has 1 heterocycles. The number of hydrogen-bond donors (Lipinski definition) is 1. The summed E-state index contributed by atoms with van der Waals surface area (Å²) in [6, 6.07) is 10.3. The molecule has 4 heteroatoms. The van der Waals surface area contributed by atoms with Crippen molar-refractivity contribution in [2.75, 3.05) is 0 Å². The van der Waals surface area contributed by atoms with Gasteiger partial charge in [0.2, 0.25) is 5.91 Å². The Balaban J connectivity index is 1.75. The third-order valence-electron chi connectivity index (χ3n) is 4.59. The monoisotopic (exact) mass is 309 g/mol. The smallest absolute Gasteiger partial charge is 0.244 e.